The van der Waals surface area contributed by atoms with Crippen LogP contribution in [0, 0.1) is 5.82 Å². The monoisotopic (exact) mass is 423 g/mol. The predicted molar refractivity (Wildman–Crippen MR) is 112 cm³/mol. The maximum Gasteiger partial charge on any atom is 0.270 e. The van der Waals surface area contributed by atoms with Crippen LogP contribution in [0.2, 0.25) is 5.02 Å². The van der Waals surface area contributed by atoms with Crippen molar-refractivity contribution in [2.24, 2.45) is 0 Å². The molecule has 0 bridgehead atoms. The fourth-order valence-electron chi connectivity index (χ4n) is 4.00. The van der Waals surface area contributed by atoms with Gasteiger partial charge in [-0.15, -0.1) is 0 Å². The number of fused-ring (bicyclic) bond motifs is 1. The van der Waals surface area contributed by atoms with E-state index in [1.165, 1.54) is 12.1 Å². The SMILES string of the molecule is O=C(c1cc2ccc(F)cc2[nH]1)N1CCC[C@@H]1c1ncc(Cc2ccc(Cl)cc2)o1. The van der Waals surface area contributed by atoms with Gasteiger partial charge in [-0.3, -0.25) is 4.79 Å². The number of oxazole rings is 1. The number of hydrogen-bond acceptors (Lipinski definition) is 3. The highest BCUT2D eigenvalue weighted by molar-refractivity contribution is 6.30. The lowest BCUT2D eigenvalue weighted by molar-refractivity contribution is 0.0709. The Morgan fingerprint density at radius 2 is 2.07 bits per heavy atom. The van der Waals surface area contributed by atoms with Crippen molar-refractivity contribution in [3.8, 4) is 0 Å². The second-order valence-electron chi connectivity index (χ2n) is 7.54. The molecule has 0 aliphatic carbocycles. The molecule has 5 nitrogen and oxygen atoms in total. The van der Waals surface area contributed by atoms with Crippen molar-refractivity contribution in [2.75, 3.05) is 6.54 Å². The number of benzene rings is 2. The van der Waals surface area contributed by atoms with Crippen molar-refractivity contribution in [1.82, 2.24) is 14.9 Å². The van der Waals surface area contributed by atoms with E-state index in [1.807, 2.05) is 24.3 Å². The third-order valence-corrected chi connectivity index (χ3v) is 5.73. The summed E-state index contributed by atoms with van der Waals surface area (Å²) in [5.74, 6) is 0.821. The number of H-pyrrole nitrogens is 1. The zero-order valence-corrected chi connectivity index (χ0v) is 16.8. The first-order valence-corrected chi connectivity index (χ1v) is 10.2. The van der Waals surface area contributed by atoms with Crippen LogP contribution in [-0.2, 0) is 6.42 Å². The lowest BCUT2D eigenvalue weighted by Crippen LogP contribution is -2.30. The number of nitrogens with zero attached hydrogens (tertiary/aromatic N) is 2. The summed E-state index contributed by atoms with van der Waals surface area (Å²) in [7, 11) is 0. The van der Waals surface area contributed by atoms with Crippen LogP contribution in [0.15, 0.2) is 59.1 Å². The smallest absolute Gasteiger partial charge is 0.270 e. The summed E-state index contributed by atoms with van der Waals surface area (Å²) >= 11 is 5.94. The van der Waals surface area contributed by atoms with Gasteiger partial charge in [0.15, 0.2) is 0 Å². The topological polar surface area (TPSA) is 62.1 Å². The van der Waals surface area contributed by atoms with Crippen molar-refractivity contribution in [3.63, 3.8) is 0 Å². The molecule has 1 saturated heterocycles. The fraction of sp³-hybridized carbons (Fsp3) is 0.217. The van der Waals surface area contributed by atoms with E-state index >= 15 is 0 Å². The third kappa shape index (κ3) is 3.59. The van der Waals surface area contributed by atoms with Crippen LogP contribution < -0.4 is 0 Å². The molecule has 1 atom stereocenters. The number of aromatic amines is 1. The number of likely N-dealkylation sites (tertiary alicyclic amines) is 1. The second kappa shape index (κ2) is 7.61. The van der Waals surface area contributed by atoms with E-state index in [-0.39, 0.29) is 17.8 Å². The highest BCUT2D eigenvalue weighted by Crippen LogP contribution is 2.33. The average molecular weight is 424 g/mol. The molecule has 0 saturated carbocycles. The summed E-state index contributed by atoms with van der Waals surface area (Å²) in [6.45, 7) is 0.627. The summed E-state index contributed by atoms with van der Waals surface area (Å²) in [5.41, 5.74) is 2.12. The minimum atomic E-state index is -0.338. The first kappa shape index (κ1) is 18.9. The Hall–Kier alpha value is -3.12. The number of carbonyl (C=O) groups excluding carboxylic acids is 1. The Labute approximate surface area is 177 Å². The maximum absolute atomic E-state index is 13.5. The van der Waals surface area contributed by atoms with E-state index in [1.54, 1.807) is 23.2 Å². The molecule has 2 aromatic carbocycles. The number of carbonyl (C=O) groups is 1. The number of rotatable bonds is 4. The van der Waals surface area contributed by atoms with Crippen molar-refractivity contribution in [1.29, 1.82) is 0 Å². The Balaban J connectivity index is 1.36. The Kier molecular flexibility index (Phi) is 4.79. The molecule has 7 heteroatoms. The molecule has 0 unspecified atom stereocenters. The second-order valence-corrected chi connectivity index (χ2v) is 7.98. The van der Waals surface area contributed by atoms with Crippen LogP contribution in [0.5, 0.6) is 0 Å². The van der Waals surface area contributed by atoms with Crippen molar-refractivity contribution in [2.45, 2.75) is 25.3 Å². The van der Waals surface area contributed by atoms with Crippen LogP contribution in [0.1, 0.15) is 46.6 Å². The van der Waals surface area contributed by atoms with Crippen molar-refractivity contribution < 1.29 is 13.6 Å². The molecular weight excluding hydrogens is 405 g/mol. The molecule has 1 aliphatic rings. The van der Waals surface area contributed by atoms with E-state index in [2.05, 4.69) is 9.97 Å². The van der Waals surface area contributed by atoms with Gasteiger partial charge < -0.3 is 14.3 Å². The molecule has 2 aromatic heterocycles. The highest BCUT2D eigenvalue weighted by Gasteiger charge is 2.34. The summed E-state index contributed by atoms with van der Waals surface area (Å²) in [5, 5.41) is 1.49. The van der Waals surface area contributed by atoms with Gasteiger partial charge in [0, 0.05) is 28.9 Å². The summed E-state index contributed by atoms with van der Waals surface area (Å²) < 4.78 is 19.5. The van der Waals surface area contributed by atoms with Gasteiger partial charge in [0.05, 0.1) is 6.20 Å². The molecule has 30 heavy (non-hydrogen) atoms. The van der Waals surface area contributed by atoms with E-state index < -0.39 is 0 Å². The average Bonchev–Trinajstić information content (AvgIpc) is 3.47. The largest absolute Gasteiger partial charge is 0.443 e. The molecule has 1 N–H and O–H groups in total. The molecule has 1 fully saturated rings. The molecule has 5 rings (SSSR count). The Morgan fingerprint density at radius 3 is 2.90 bits per heavy atom. The molecule has 152 valence electrons. The van der Waals surface area contributed by atoms with Gasteiger partial charge in [-0.05, 0) is 54.8 Å². The molecule has 4 aromatic rings. The van der Waals surface area contributed by atoms with Gasteiger partial charge in [-0.1, -0.05) is 23.7 Å². The van der Waals surface area contributed by atoms with E-state index in [0.717, 1.165) is 29.6 Å². The maximum atomic E-state index is 13.5. The van der Waals surface area contributed by atoms with Gasteiger partial charge in [0.1, 0.15) is 23.3 Å². The standard InChI is InChI=1S/C23H19ClFN3O2/c24-16-6-3-14(4-7-16)10-18-13-26-22(30-18)21-2-1-9-28(21)23(29)20-11-15-5-8-17(25)12-19(15)27-20/h3-8,11-13,21,27H,1-2,9-10H2/t21-/m1/s1. The zero-order valence-electron chi connectivity index (χ0n) is 16.1. The van der Waals surface area contributed by atoms with Gasteiger partial charge in [-0.25, -0.2) is 9.37 Å². The molecule has 3 heterocycles. The molecular formula is C23H19ClFN3O2. The predicted octanol–water partition coefficient (Wildman–Crippen LogP) is 5.52. The Bertz CT molecular complexity index is 1210. The van der Waals surface area contributed by atoms with Crippen molar-refractivity contribution in [3.05, 3.63) is 88.5 Å². The summed E-state index contributed by atoms with van der Waals surface area (Å²) in [4.78, 5) is 22.4. The van der Waals surface area contributed by atoms with Gasteiger partial charge in [0.2, 0.25) is 5.89 Å². The number of amides is 1. The molecule has 0 radical (unpaired) electrons. The lowest BCUT2D eigenvalue weighted by atomic mass is 10.1. The van der Waals surface area contributed by atoms with Gasteiger partial charge in [0.25, 0.3) is 5.91 Å². The number of halogens is 2. The van der Waals surface area contributed by atoms with Crippen LogP contribution in [0.3, 0.4) is 0 Å². The van der Waals surface area contributed by atoms with E-state index in [0.29, 0.717) is 35.1 Å². The third-order valence-electron chi connectivity index (χ3n) is 5.48. The summed E-state index contributed by atoms with van der Waals surface area (Å²) in [6, 6.07) is 13.6. The normalized spacial score (nSPS) is 16.5. The van der Waals surface area contributed by atoms with Crippen LogP contribution in [0.25, 0.3) is 10.9 Å². The van der Waals surface area contributed by atoms with Gasteiger partial charge in [-0.2, -0.15) is 0 Å². The number of hydrogen-bond donors (Lipinski definition) is 1. The highest BCUT2D eigenvalue weighted by atomic mass is 35.5. The van der Waals surface area contributed by atoms with Crippen LogP contribution >= 0.6 is 11.6 Å². The van der Waals surface area contributed by atoms with Crippen molar-refractivity contribution >= 4 is 28.4 Å². The quantitative estimate of drug-likeness (QED) is 0.470. The number of nitrogens with one attached hydrogen (secondary N) is 1. The lowest BCUT2D eigenvalue weighted by Gasteiger charge is -2.21. The van der Waals surface area contributed by atoms with Crippen LogP contribution in [-0.4, -0.2) is 27.3 Å². The summed E-state index contributed by atoms with van der Waals surface area (Å²) in [6.07, 6.45) is 4.00. The van der Waals surface area contributed by atoms with Crippen LogP contribution in [0.4, 0.5) is 4.39 Å². The van der Waals surface area contributed by atoms with Gasteiger partial charge >= 0.3 is 0 Å². The fourth-order valence-corrected chi connectivity index (χ4v) is 4.12. The molecule has 1 amide bonds. The Morgan fingerprint density at radius 1 is 1.23 bits per heavy atom. The molecule has 1 aliphatic heterocycles. The van der Waals surface area contributed by atoms with E-state index in [9.17, 15) is 9.18 Å². The minimum absolute atomic E-state index is 0.133. The first-order valence-electron chi connectivity index (χ1n) is 9.85. The first-order chi connectivity index (χ1) is 14.6. The zero-order chi connectivity index (χ0) is 20.7. The van der Waals surface area contributed by atoms with E-state index in [4.69, 9.17) is 16.0 Å². The number of aromatic nitrogens is 2. The minimum Gasteiger partial charge on any atom is -0.443 e. The molecule has 0 spiro atoms.